The Hall–Kier alpha value is -5.18. The molecule has 0 aliphatic carbocycles. The molecule has 1 aliphatic rings. The Bertz CT molecular complexity index is 1880. The number of aromatic nitrogens is 3. The molecule has 0 saturated carbocycles. The highest BCUT2D eigenvalue weighted by Crippen LogP contribution is 2.38. The number of carbonyl (C=O) groups is 2. The molecule has 0 spiro atoms. The number of aromatic amines is 1. The van der Waals surface area contributed by atoms with Crippen LogP contribution >= 0.6 is 0 Å². The number of pyridine rings is 1. The van der Waals surface area contributed by atoms with E-state index in [2.05, 4.69) is 15.0 Å². The highest BCUT2D eigenvalue weighted by atomic mass is 16.4. The summed E-state index contributed by atoms with van der Waals surface area (Å²) in [6, 6.07) is 20.4. The number of rotatable bonds is 6. The van der Waals surface area contributed by atoms with Gasteiger partial charge < -0.3 is 10.1 Å². The van der Waals surface area contributed by atoms with Crippen molar-refractivity contribution in [1.82, 2.24) is 20.0 Å². The average Bonchev–Trinajstić information content (AvgIpc) is 3.40. The maximum Gasteiger partial charge on any atom is 0.303 e. The number of hydrogen-bond donors (Lipinski definition) is 2. The summed E-state index contributed by atoms with van der Waals surface area (Å²) in [7, 11) is 0. The van der Waals surface area contributed by atoms with Crippen LogP contribution in [0.4, 0.5) is 0 Å². The first-order valence-electron chi connectivity index (χ1n) is 12.9. The third-order valence-corrected chi connectivity index (χ3v) is 7.13. The Kier molecular flexibility index (Phi) is 6.39. The van der Waals surface area contributed by atoms with E-state index >= 15 is 0 Å². The molecule has 0 bridgehead atoms. The van der Waals surface area contributed by atoms with E-state index in [1.54, 1.807) is 12.4 Å². The number of benzene rings is 3. The third kappa shape index (κ3) is 4.51. The van der Waals surface area contributed by atoms with Gasteiger partial charge in [-0.1, -0.05) is 54.1 Å². The smallest absolute Gasteiger partial charge is 0.303 e. The van der Waals surface area contributed by atoms with Gasteiger partial charge in [0.1, 0.15) is 0 Å². The molecule has 2 aromatic heterocycles. The van der Waals surface area contributed by atoms with Crippen LogP contribution in [0.2, 0.25) is 0 Å². The van der Waals surface area contributed by atoms with Gasteiger partial charge in [0.25, 0.3) is 5.56 Å². The van der Waals surface area contributed by atoms with Crippen LogP contribution in [-0.2, 0) is 9.59 Å². The minimum absolute atomic E-state index is 0.224. The van der Waals surface area contributed by atoms with Gasteiger partial charge in [-0.2, -0.15) is 5.10 Å². The molecule has 1 aliphatic heterocycles. The van der Waals surface area contributed by atoms with E-state index in [0.29, 0.717) is 27.8 Å². The summed E-state index contributed by atoms with van der Waals surface area (Å²) in [5.74, 6) is -1.52. The number of nitrogens with zero attached hydrogens (tertiary/aromatic N) is 4. The van der Waals surface area contributed by atoms with E-state index in [1.165, 1.54) is 5.01 Å². The third-order valence-electron chi connectivity index (χ3n) is 7.13. The van der Waals surface area contributed by atoms with Gasteiger partial charge in [0.05, 0.1) is 34.8 Å². The van der Waals surface area contributed by atoms with Gasteiger partial charge in [0.15, 0.2) is 0 Å². The van der Waals surface area contributed by atoms with Gasteiger partial charge in [0, 0.05) is 47.3 Å². The normalized spacial score (nSPS) is 15.0. The second-order valence-electron chi connectivity index (χ2n) is 9.79. The molecule has 40 heavy (non-hydrogen) atoms. The van der Waals surface area contributed by atoms with Crippen LogP contribution < -0.4 is 5.56 Å². The molecule has 0 unspecified atom stereocenters. The van der Waals surface area contributed by atoms with Gasteiger partial charge in [-0.25, -0.2) is 5.01 Å². The number of carboxylic acids is 1. The molecule has 2 N–H and O–H groups in total. The molecule has 1 atom stereocenters. The SMILES string of the molecule is Cc1ccc2[nH]c(=O)c(C3=NN(C(=O)CCC(=O)O)[C@@H](c4cccc5nccnc45)C3)c(-c3ccccc3)c2c1. The highest BCUT2D eigenvalue weighted by molar-refractivity contribution is 6.13. The summed E-state index contributed by atoms with van der Waals surface area (Å²) >= 11 is 0. The molecule has 1 amide bonds. The van der Waals surface area contributed by atoms with E-state index in [-0.39, 0.29) is 24.8 Å². The second-order valence-corrected chi connectivity index (χ2v) is 9.79. The zero-order chi connectivity index (χ0) is 27.8. The number of aryl methyl sites for hydroxylation is 1. The predicted octanol–water partition coefficient (Wildman–Crippen LogP) is 4.99. The molecule has 198 valence electrons. The number of fused-ring (bicyclic) bond motifs is 2. The van der Waals surface area contributed by atoms with E-state index in [9.17, 15) is 19.5 Å². The van der Waals surface area contributed by atoms with E-state index < -0.39 is 17.9 Å². The molecule has 0 saturated heterocycles. The van der Waals surface area contributed by atoms with Crippen LogP contribution in [0.5, 0.6) is 0 Å². The highest BCUT2D eigenvalue weighted by Gasteiger charge is 2.36. The molecule has 9 heteroatoms. The van der Waals surface area contributed by atoms with Crippen molar-refractivity contribution in [3.05, 3.63) is 106 Å². The van der Waals surface area contributed by atoms with E-state index in [4.69, 9.17) is 5.10 Å². The number of amides is 1. The quantitative estimate of drug-likeness (QED) is 0.318. The van der Waals surface area contributed by atoms with Gasteiger partial charge in [-0.05, 0) is 30.7 Å². The molecule has 3 aromatic carbocycles. The van der Waals surface area contributed by atoms with Crippen LogP contribution in [0.3, 0.4) is 0 Å². The first-order chi connectivity index (χ1) is 19.4. The standard InChI is InChI=1S/C31H25N5O4/c1-18-10-11-22-21(16-18)28(19-6-3-2-4-7-19)29(31(40)34-22)24-17-25(36(35-24)26(37)12-13-27(38)39)20-8-5-9-23-30(20)33-15-14-32-23/h2-11,14-16,25H,12-13,17H2,1H3,(H,34,40)(H,38,39)/t25-/m1/s1. The molecule has 5 aromatic rings. The van der Waals surface area contributed by atoms with Crippen LogP contribution in [-0.4, -0.2) is 42.7 Å². The maximum absolute atomic E-state index is 13.7. The summed E-state index contributed by atoms with van der Waals surface area (Å²) in [5.41, 5.74) is 5.84. The van der Waals surface area contributed by atoms with Crippen molar-refractivity contribution < 1.29 is 14.7 Å². The Morgan fingerprint density at radius 3 is 2.58 bits per heavy atom. The minimum Gasteiger partial charge on any atom is -0.481 e. The van der Waals surface area contributed by atoms with Gasteiger partial charge in [0.2, 0.25) is 5.91 Å². The largest absolute Gasteiger partial charge is 0.481 e. The summed E-state index contributed by atoms with van der Waals surface area (Å²) in [6.45, 7) is 1.99. The summed E-state index contributed by atoms with van der Waals surface area (Å²) in [6.07, 6.45) is 2.88. The Morgan fingerprint density at radius 1 is 0.975 bits per heavy atom. The van der Waals surface area contributed by atoms with Crippen molar-refractivity contribution in [3.8, 4) is 11.1 Å². The first kappa shape index (κ1) is 25.1. The monoisotopic (exact) mass is 531 g/mol. The molecule has 9 nitrogen and oxygen atoms in total. The summed E-state index contributed by atoms with van der Waals surface area (Å²) in [4.78, 5) is 50.2. The fraction of sp³-hybridized carbons (Fsp3) is 0.161. The van der Waals surface area contributed by atoms with Crippen molar-refractivity contribution in [3.63, 3.8) is 0 Å². The number of nitrogens with one attached hydrogen (secondary N) is 1. The summed E-state index contributed by atoms with van der Waals surface area (Å²) in [5, 5.41) is 16.1. The van der Waals surface area contributed by atoms with Gasteiger partial charge in [-0.15, -0.1) is 0 Å². The first-order valence-corrected chi connectivity index (χ1v) is 12.9. The molecule has 0 radical (unpaired) electrons. The van der Waals surface area contributed by atoms with E-state index in [1.807, 2.05) is 73.7 Å². The second kappa shape index (κ2) is 10.2. The van der Waals surface area contributed by atoms with Crippen LogP contribution in [0.1, 0.15) is 42.0 Å². The molecule has 0 fully saturated rings. The number of hydrazone groups is 1. The average molecular weight is 532 g/mol. The summed E-state index contributed by atoms with van der Waals surface area (Å²) < 4.78 is 0. The van der Waals surface area contributed by atoms with Crippen molar-refractivity contribution in [1.29, 1.82) is 0 Å². The number of carbonyl (C=O) groups excluding carboxylic acids is 1. The number of para-hydroxylation sites is 1. The fourth-order valence-electron chi connectivity index (χ4n) is 5.33. The van der Waals surface area contributed by atoms with Crippen molar-refractivity contribution >= 4 is 39.5 Å². The Balaban J connectivity index is 1.56. The zero-order valence-corrected chi connectivity index (χ0v) is 21.7. The lowest BCUT2D eigenvalue weighted by Crippen LogP contribution is -2.27. The fourth-order valence-corrected chi connectivity index (χ4v) is 5.33. The minimum atomic E-state index is -1.07. The topological polar surface area (TPSA) is 129 Å². The number of carboxylic acid groups (broad SMARTS) is 1. The maximum atomic E-state index is 13.7. The number of H-pyrrole nitrogens is 1. The number of aliphatic carboxylic acids is 1. The Labute approximate surface area is 228 Å². The lowest BCUT2D eigenvalue weighted by Gasteiger charge is -2.22. The lowest BCUT2D eigenvalue weighted by atomic mass is 9.90. The van der Waals surface area contributed by atoms with Crippen molar-refractivity contribution in [2.45, 2.75) is 32.2 Å². The van der Waals surface area contributed by atoms with Gasteiger partial charge >= 0.3 is 5.97 Å². The van der Waals surface area contributed by atoms with Crippen molar-refractivity contribution in [2.75, 3.05) is 0 Å². The molecule has 6 rings (SSSR count). The number of hydrogen-bond acceptors (Lipinski definition) is 6. The molecular formula is C31H25N5O4. The zero-order valence-electron chi connectivity index (χ0n) is 21.7. The van der Waals surface area contributed by atoms with E-state index in [0.717, 1.165) is 27.6 Å². The molecule has 3 heterocycles. The van der Waals surface area contributed by atoms with Crippen molar-refractivity contribution in [2.24, 2.45) is 5.10 Å². The van der Waals surface area contributed by atoms with Crippen LogP contribution in [0.15, 0.2) is 89.0 Å². The van der Waals surface area contributed by atoms with Gasteiger partial charge in [-0.3, -0.25) is 24.4 Å². The Morgan fingerprint density at radius 2 is 1.77 bits per heavy atom. The predicted molar refractivity (Wildman–Crippen MR) is 152 cm³/mol. The van der Waals surface area contributed by atoms with Crippen LogP contribution in [0, 0.1) is 6.92 Å². The van der Waals surface area contributed by atoms with Crippen LogP contribution in [0.25, 0.3) is 33.1 Å². The molecular weight excluding hydrogens is 506 g/mol. The lowest BCUT2D eigenvalue weighted by molar-refractivity contribution is -0.141.